The molecule has 9 rings (SSSR count). The van der Waals surface area contributed by atoms with Gasteiger partial charge in [0.15, 0.2) is 5.82 Å². The van der Waals surface area contributed by atoms with Crippen molar-refractivity contribution in [1.29, 1.82) is 0 Å². The number of halogens is 2. The number of ether oxygens (including phenoxy) is 2. The monoisotopic (exact) mass is 608 g/mol. The Hall–Kier alpha value is -3.44. The van der Waals surface area contributed by atoms with E-state index in [9.17, 15) is 9.90 Å². The lowest BCUT2D eigenvalue weighted by Crippen LogP contribution is -2.43. The molecule has 3 atom stereocenters. The van der Waals surface area contributed by atoms with E-state index >= 15 is 4.39 Å². The number of phenols is 1. The lowest BCUT2D eigenvalue weighted by atomic mass is 9.95. The average molecular weight is 609 g/mol. The summed E-state index contributed by atoms with van der Waals surface area (Å²) in [6.45, 7) is 3.95. The highest BCUT2D eigenvalue weighted by Gasteiger charge is 2.45. The van der Waals surface area contributed by atoms with Crippen LogP contribution in [0.4, 0.5) is 15.0 Å². The maximum atomic E-state index is 16.7. The van der Waals surface area contributed by atoms with Gasteiger partial charge in [-0.3, -0.25) is 9.88 Å². The van der Waals surface area contributed by atoms with Gasteiger partial charge in [-0.05, 0) is 87.6 Å². The Morgan fingerprint density at radius 2 is 2.02 bits per heavy atom. The highest BCUT2D eigenvalue weighted by molar-refractivity contribution is 6.32. The molecule has 0 radical (unpaired) electrons. The van der Waals surface area contributed by atoms with Crippen molar-refractivity contribution in [3.63, 3.8) is 0 Å². The molecule has 6 aliphatic rings. The lowest BCUT2D eigenvalue weighted by molar-refractivity contribution is 0.108. The van der Waals surface area contributed by atoms with Crippen LogP contribution in [-0.4, -0.2) is 82.0 Å². The van der Waals surface area contributed by atoms with Gasteiger partial charge in [0.25, 0.3) is 0 Å². The number of nitrogens with zero attached hydrogens (tertiary/aromatic N) is 5. The Labute approximate surface area is 253 Å². The van der Waals surface area contributed by atoms with Crippen molar-refractivity contribution in [2.75, 3.05) is 44.3 Å². The van der Waals surface area contributed by atoms with Crippen molar-refractivity contribution in [1.82, 2.24) is 25.2 Å². The Kier molecular flexibility index (Phi) is 6.52. The molecule has 1 amide bonds. The van der Waals surface area contributed by atoms with Crippen molar-refractivity contribution in [2.45, 2.75) is 62.4 Å². The average Bonchev–Trinajstić information content (AvgIpc) is 3.26. The SMILES string of the molecule is O=C1NC2CCN(C2)c2nc(OCC34CCCN3CCC4)nc3c(F)c(ncc23)-c2cc(O)cc(Cl)c2C2CC2CCO1. The van der Waals surface area contributed by atoms with Gasteiger partial charge >= 0.3 is 12.1 Å². The van der Waals surface area contributed by atoms with Crippen LogP contribution in [0.3, 0.4) is 0 Å². The van der Waals surface area contributed by atoms with Crippen molar-refractivity contribution in [3.05, 3.63) is 34.7 Å². The lowest BCUT2D eigenvalue weighted by Gasteiger charge is -2.31. The van der Waals surface area contributed by atoms with Crippen LogP contribution >= 0.6 is 11.6 Å². The van der Waals surface area contributed by atoms with E-state index in [0.717, 1.165) is 50.8 Å². The van der Waals surface area contributed by atoms with Gasteiger partial charge in [0.2, 0.25) is 0 Å². The molecule has 3 unspecified atom stereocenters. The van der Waals surface area contributed by atoms with Crippen LogP contribution in [0.2, 0.25) is 5.02 Å². The molecule has 3 saturated heterocycles. The van der Waals surface area contributed by atoms with Gasteiger partial charge in [0.1, 0.15) is 29.4 Å². The van der Waals surface area contributed by atoms with Crippen LogP contribution in [0, 0.1) is 11.7 Å². The van der Waals surface area contributed by atoms with Gasteiger partial charge < -0.3 is 24.8 Å². The molecule has 2 N–H and O–H groups in total. The van der Waals surface area contributed by atoms with E-state index in [1.807, 2.05) is 4.90 Å². The fourth-order valence-electron chi connectivity index (χ4n) is 7.85. The van der Waals surface area contributed by atoms with Gasteiger partial charge in [0, 0.05) is 29.9 Å². The number of anilines is 1. The van der Waals surface area contributed by atoms with Gasteiger partial charge in [-0.25, -0.2) is 9.18 Å². The Morgan fingerprint density at radius 3 is 2.86 bits per heavy atom. The summed E-state index contributed by atoms with van der Waals surface area (Å²) in [4.78, 5) is 31.1. The first kappa shape index (κ1) is 27.1. The smallest absolute Gasteiger partial charge is 0.407 e. The van der Waals surface area contributed by atoms with Crippen molar-refractivity contribution in [3.8, 4) is 23.0 Å². The predicted molar refractivity (Wildman–Crippen MR) is 158 cm³/mol. The summed E-state index contributed by atoms with van der Waals surface area (Å²) in [5.74, 6) is 0.0895. The summed E-state index contributed by atoms with van der Waals surface area (Å²) < 4.78 is 28.5. The van der Waals surface area contributed by atoms with Crippen LogP contribution in [0.25, 0.3) is 22.2 Å². The normalized spacial score (nSPS) is 26.1. The number of aromatic nitrogens is 3. The summed E-state index contributed by atoms with van der Waals surface area (Å²) >= 11 is 6.67. The second kappa shape index (κ2) is 10.3. The molecule has 6 bridgehead atoms. The number of carbonyl (C=O) groups is 1. The van der Waals surface area contributed by atoms with E-state index < -0.39 is 11.9 Å². The van der Waals surface area contributed by atoms with E-state index in [4.69, 9.17) is 26.1 Å². The molecule has 0 spiro atoms. The molecule has 7 heterocycles. The van der Waals surface area contributed by atoms with Gasteiger partial charge in [-0.15, -0.1) is 0 Å². The number of hydrogen-bond acceptors (Lipinski definition) is 9. The summed E-state index contributed by atoms with van der Waals surface area (Å²) in [5, 5.41) is 14.3. The second-order valence-electron chi connectivity index (χ2n) is 12.7. The number of hydrogen-bond donors (Lipinski definition) is 2. The fraction of sp³-hybridized carbons (Fsp3) is 0.548. The van der Waals surface area contributed by atoms with Crippen LogP contribution < -0.4 is 15.0 Å². The van der Waals surface area contributed by atoms with Gasteiger partial charge in [-0.2, -0.15) is 9.97 Å². The van der Waals surface area contributed by atoms with Gasteiger partial charge in [0.05, 0.1) is 23.6 Å². The van der Waals surface area contributed by atoms with Gasteiger partial charge in [-0.1, -0.05) is 11.6 Å². The second-order valence-corrected chi connectivity index (χ2v) is 13.1. The zero-order valence-corrected chi connectivity index (χ0v) is 24.6. The molecule has 3 aromatic rings. The number of rotatable bonds is 3. The first-order valence-electron chi connectivity index (χ1n) is 15.3. The summed E-state index contributed by atoms with van der Waals surface area (Å²) in [6.07, 6.45) is 7.73. The molecular weight excluding hydrogens is 575 g/mol. The van der Waals surface area contributed by atoms with Crippen LogP contribution in [-0.2, 0) is 4.74 Å². The van der Waals surface area contributed by atoms with Crippen LogP contribution in [0.15, 0.2) is 18.3 Å². The highest BCUT2D eigenvalue weighted by Crippen LogP contribution is 2.55. The van der Waals surface area contributed by atoms with Crippen molar-refractivity contribution < 1.29 is 23.8 Å². The maximum absolute atomic E-state index is 16.7. The number of amides is 1. The molecule has 2 aromatic heterocycles. The van der Waals surface area contributed by atoms with E-state index in [-0.39, 0.29) is 53.0 Å². The standard InChI is InChI=1S/C31H34ClFN6O4/c32-23-13-19(40)12-21-24(23)20-11-17(20)4-10-42-30(41)35-18-3-9-38(15-18)28-22-14-34-26(21)25(33)27(22)36-29(37-28)43-16-31-5-1-7-39(31)8-2-6-31/h12-14,17-18,20,40H,1-11,15-16H2,(H,35,41). The number of phenolic OH excluding ortho intramolecular Hbond substituents is 1. The van der Waals surface area contributed by atoms with E-state index in [1.165, 1.54) is 12.1 Å². The number of nitrogens with one attached hydrogen (secondary N) is 1. The molecule has 1 aromatic carbocycles. The summed E-state index contributed by atoms with van der Waals surface area (Å²) in [7, 11) is 0. The number of alkyl carbamates (subject to hydrolysis) is 1. The Morgan fingerprint density at radius 1 is 1.19 bits per heavy atom. The number of benzene rings is 1. The number of aromatic hydroxyl groups is 1. The Bertz CT molecular complexity index is 1610. The first-order chi connectivity index (χ1) is 20.9. The molecular formula is C31H34ClFN6O4. The Balaban J connectivity index is 1.26. The molecule has 12 heteroatoms. The summed E-state index contributed by atoms with van der Waals surface area (Å²) in [5.41, 5.74) is 1.34. The number of pyridine rings is 1. The fourth-order valence-corrected chi connectivity index (χ4v) is 8.21. The molecule has 43 heavy (non-hydrogen) atoms. The number of carbonyl (C=O) groups excluding carboxylic acids is 1. The van der Waals surface area contributed by atoms with E-state index in [2.05, 4.69) is 20.2 Å². The molecule has 10 nitrogen and oxygen atoms in total. The first-order valence-corrected chi connectivity index (χ1v) is 15.7. The molecule has 226 valence electrons. The zero-order valence-electron chi connectivity index (χ0n) is 23.8. The van der Waals surface area contributed by atoms with Crippen molar-refractivity contribution in [2.24, 2.45) is 5.92 Å². The summed E-state index contributed by atoms with van der Waals surface area (Å²) in [6, 6.07) is 2.98. The van der Waals surface area contributed by atoms with E-state index in [0.29, 0.717) is 54.3 Å². The molecule has 1 aliphatic carbocycles. The van der Waals surface area contributed by atoms with E-state index in [1.54, 1.807) is 6.20 Å². The minimum atomic E-state index is -0.607. The third-order valence-electron chi connectivity index (χ3n) is 10.1. The maximum Gasteiger partial charge on any atom is 0.407 e. The third-order valence-corrected chi connectivity index (χ3v) is 10.4. The zero-order chi connectivity index (χ0) is 29.3. The molecule has 1 saturated carbocycles. The van der Waals surface area contributed by atoms with Crippen molar-refractivity contribution >= 4 is 34.4 Å². The third kappa shape index (κ3) is 4.71. The minimum absolute atomic E-state index is 0.0241. The predicted octanol–water partition coefficient (Wildman–Crippen LogP) is 5.01. The number of fused-ring (bicyclic) bond motifs is 6. The topological polar surface area (TPSA) is 113 Å². The minimum Gasteiger partial charge on any atom is -0.508 e. The molecule has 5 aliphatic heterocycles. The van der Waals surface area contributed by atoms with Crippen LogP contribution in [0.1, 0.15) is 56.4 Å². The molecule has 4 fully saturated rings. The highest BCUT2D eigenvalue weighted by atomic mass is 35.5. The van der Waals surface area contributed by atoms with Crippen LogP contribution in [0.5, 0.6) is 11.8 Å². The largest absolute Gasteiger partial charge is 0.508 e. The quantitative estimate of drug-likeness (QED) is 0.424.